The molecule has 0 spiro atoms. The van der Waals surface area contributed by atoms with Gasteiger partial charge in [-0.15, -0.1) is 11.8 Å². The van der Waals surface area contributed by atoms with E-state index in [1.807, 2.05) is 19.1 Å². The molecule has 0 heterocycles. The molecule has 0 saturated heterocycles. The highest BCUT2D eigenvalue weighted by Crippen LogP contribution is 2.19. The van der Waals surface area contributed by atoms with Crippen molar-refractivity contribution < 1.29 is 19.4 Å². The molecule has 1 aromatic carbocycles. The van der Waals surface area contributed by atoms with Crippen LogP contribution in [0.4, 0.5) is 0 Å². The Kier molecular flexibility index (Phi) is 6.75. The molecule has 0 radical (unpaired) electrons. The summed E-state index contributed by atoms with van der Waals surface area (Å²) in [6.07, 6.45) is 4.35. The summed E-state index contributed by atoms with van der Waals surface area (Å²) in [5.74, 6) is -1.49. The number of ether oxygens (including phenoxy) is 1. The Bertz CT molecular complexity index is 570. The number of aliphatic hydroxyl groups is 1. The Balaban J connectivity index is 2.93. The van der Waals surface area contributed by atoms with Gasteiger partial charge < -0.3 is 9.84 Å². The second-order valence-electron chi connectivity index (χ2n) is 4.20. The minimum atomic E-state index is -0.808. The molecule has 4 nitrogen and oxygen atoms in total. The van der Waals surface area contributed by atoms with Crippen molar-refractivity contribution in [1.29, 1.82) is 0 Å². The third-order valence-electron chi connectivity index (χ3n) is 2.63. The number of esters is 1. The molecule has 0 atom stereocenters. The number of aliphatic hydroxyl groups excluding tert-OH is 1. The highest BCUT2D eigenvalue weighted by Gasteiger charge is 2.12. The first-order chi connectivity index (χ1) is 9.99. The summed E-state index contributed by atoms with van der Waals surface area (Å²) in [5, 5.41) is 9.50. The van der Waals surface area contributed by atoms with E-state index in [4.69, 9.17) is 0 Å². The summed E-state index contributed by atoms with van der Waals surface area (Å²) in [7, 11) is 0. The van der Waals surface area contributed by atoms with Crippen LogP contribution in [0.3, 0.4) is 0 Å². The van der Waals surface area contributed by atoms with E-state index < -0.39 is 11.7 Å². The lowest BCUT2D eigenvalue weighted by Gasteiger charge is -2.04. The zero-order valence-corrected chi connectivity index (χ0v) is 13.1. The molecule has 1 aromatic rings. The average molecular weight is 306 g/mol. The largest absolute Gasteiger partial charge is 0.502 e. The number of aryl methyl sites for hydroxylation is 1. The molecule has 0 saturated carbocycles. The summed E-state index contributed by atoms with van der Waals surface area (Å²) in [4.78, 5) is 24.0. The minimum absolute atomic E-state index is 0.157. The summed E-state index contributed by atoms with van der Waals surface area (Å²) in [6.45, 7) is 3.77. The maximum Gasteiger partial charge on any atom is 0.373 e. The standard InChI is InChI=1S/C16H18O4S/c1-4-20-16(19)13(17)9-10-14(21-3)15(18)12-7-5-11(2)6-8-12/h5-10,17H,4H2,1-3H3. The molecule has 0 unspecified atom stereocenters. The first kappa shape index (κ1) is 17.0. The molecule has 1 N–H and O–H groups in total. The molecule has 0 fully saturated rings. The van der Waals surface area contributed by atoms with Crippen LogP contribution in [0.1, 0.15) is 22.8 Å². The van der Waals surface area contributed by atoms with E-state index in [1.54, 1.807) is 25.3 Å². The lowest BCUT2D eigenvalue weighted by atomic mass is 10.1. The van der Waals surface area contributed by atoms with Crippen molar-refractivity contribution in [3.63, 3.8) is 0 Å². The fourth-order valence-electron chi connectivity index (χ4n) is 1.51. The van der Waals surface area contributed by atoms with Crippen molar-refractivity contribution in [3.8, 4) is 0 Å². The molecule has 112 valence electrons. The van der Waals surface area contributed by atoms with Crippen LogP contribution in [-0.2, 0) is 9.53 Å². The Morgan fingerprint density at radius 2 is 1.86 bits per heavy atom. The van der Waals surface area contributed by atoms with E-state index in [0.29, 0.717) is 10.5 Å². The van der Waals surface area contributed by atoms with Gasteiger partial charge in [0.1, 0.15) is 0 Å². The SMILES string of the molecule is CCOC(=O)C(O)=CC=C(SC)C(=O)c1ccc(C)cc1. The van der Waals surface area contributed by atoms with Crippen LogP contribution in [0.2, 0.25) is 0 Å². The molecule has 5 heteroatoms. The predicted molar refractivity (Wildman–Crippen MR) is 84.5 cm³/mol. The number of carbonyl (C=O) groups is 2. The van der Waals surface area contributed by atoms with Gasteiger partial charge in [-0.3, -0.25) is 4.79 Å². The van der Waals surface area contributed by atoms with Gasteiger partial charge in [-0.25, -0.2) is 4.79 Å². The monoisotopic (exact) mass is 306 g/mol. The number of benzene rings is 1. The normalized spacial score (nSPS) is 12.1. The van der Waals surface area contributed by atoms with Crippen LogP contribution in [0.15, 0.2) is 47.1 Å². The number of carbonyl (C=O) groups excluding carboxylic acids is 2. The van der Waals surface area contributed by atoms with E-state index in [2.05, 4.69) is 4.74 Å². The second kappa shape index (κ2) is 8.32. The molecule has 1 rings (SSSR count). The fourth-order valence-corrected chi connectivity index (χ4v) is 2.02. The summed E-state index contributed by atoms with van der Waals surface area (Å²) >= 11 is 1.25. The van der Waals surface area contributed by atoms with Crippen molar-refractivity contribution in [2.75, 3.05) is 12.9 Å². The number of ketones is 1. The van der Waals surface area contributed by atoms with Gasteiger partial charge in [0.15, 0.2) is 5.78 Å². The van der Waals surface area contributed by atoms with E-state index in [0.717, 1.165) is 5.56 Å². The molecular formula is C16H18O4S. The Labute approximate surface area is 128 Å². The molecule has 0 aliphatic heterocycles. The van der Waals surface area contributed by atoms with Gasteiger partial charge in [-0.2, -0.15) is 0 Å². The van der Waals surface area contributed by atoms with Gasteiger partial charge in [0, 0.05) is 5.56 Å². The van der Waals surface area contributed by atoms with Gasteiger partial charge in [-0.1, -0.05) is 29.8 Å². The third-order valence-corrected chi connectivity index (χ3v) is 3.40. The predicted octanol–water partition coefficient (Wildman–Crippen LogP) is 3.43. The van der Waals surface area contributed by atoms with E-state index in [1.165, 1.54) is 23.9 Å². The molecule has 0 bridgehead atoms. The molecule has 0 aromatic heterocycles. The van der Waals surface area contributed by atoms with Crippen molar-refractivity contribution in [2.24, 2.45) is 0 Å². The van der Waals surface area contributed by atoms with Crippen LogP contribution in [0, 0.1) is 6.92 Å². The lowest BCUT2D eigenvalue weighted by molar-refractivity contribution is -0.141. The molecular weight excluding hydrogens is 288 g/mol. The quantitative estimate of drug-likeness (QED) is 0.287. The highest BCUT2D eigenvalue weighted by atomic mass is 32.2. The summed E-state index contributed by atoms with van der Waals surface area (Å²) < 4.78 is 4.65. The van der Waals surface area contributed by atoms with Crippen molar-refractivity contribution in [1.82, 2.24) is 0 Å². The van der Waals surface area contributed by atoms with Crippen molar-refractivity contribution >= 4 is 23.5 Å². The smallest absolute Gasteiger partial charge is 0.373 e. The zero-order chi connectivity index (χ0) is 15.8. The summed E-state index contributed by atoms with van der Waals surface area (Å²) in [5.41, 5.74) is 1.63. The first-order valence-electron chi connectivity index (χ1n) is 6.43. The number of hydrogen-bond acceptors (Lipinski definition) is 5. The third kappa shape index (κ3) is 5.11. The van der Waals surface area contributed by atoms with Gasteiger partial charge in [0.25, 0.3) is 0 Å². The maximum absolute atomic E-state index is 12.3. The number of thioether (sulfide) groups is 1. The van der Waals surface area contributed by atoms with Crippen LogP contribution >= 0.6 is 11.8 Å². The Morgan fingerprint density at radius 1 is 1.24 bits per heavy atom. The molecule has 0 amide bonds. The molecule has 0 aliphatic rings. The van der Waals surface area contributed by atoms with Crippen LogP contribution in [-0.4, -0.2) is 29.7 Å². The Hall–Kier alpha value is -2.01. The van der Waals surface area contributed by atoms with Gasteiger partial charge in [0.2, 0.25) is 5.76 Å². The van der Waals surface area contributed by atoms with Gasteiger partial charge in [-0.05, 0) is 32.3 Å². The Morgan fingerprint density at radius 3 is 2.38 bits per heavy atom. The highest BCUT2D eigenvalue weighted by molar-refractivity contribution is 8.03. The van der Waals surface area contributed by atoms with Crippen LogP contribution in [0.5, 0.6) is 0 Å². The number of Topliss-reactive ketones (excluding diaryl/α,β-unsaturated/α-hetero) is 1. The number of hydrogen-bond donors (Lipinski definition) is 1. The lowest BCUT2D eigenvalue weighted by Crippen LogP contribution is -2.07. The zero-order valence-electron chi connectivity index (χ0n) is 12.3. The number of allylic oxidation sites excluding steroid dienone is 3. The molecule has 21 heavy (non-hydrogen) atoms. The number of rotatable bonds is 6. The van der Waals surface area contributed by atoms with Crippen molar-refractivity contribution in [2.45, 2.75) is 13.8 Å². The summed E-state index contributed by atoms with van der Waals surface area (Å²) in [6, 6.07) is 7.21. The van der Waals surface area contributed by atoms with Crippen LogP contribution in [0.25, 0.3) is 0 Å². The van der Waals surface area contributed by atoms with Gasteiger partial charge in [0.05, 0.1) is 11.5 Å². The van der Waals surface area contributed by atoms with Crippen LogP contribution < -0.4 is 0 Å². The van der Waals surface area contributed by atoms with E-state index in [9.17, 15) is 14.7 Å². The van der Waals surface area contributed by atoms with E-state index >= 15 is 0 Å². The first-order valence-corrected chi connectivity index (χ1v) is 7.65. The minimum Gasteiger partial charge on any atom is -0.502 e. The van der Waals surface area contributed by atoms with Crippen molar-refractivity contribution in [3.05, 3.63) is 58.2 Å². The fraction of sp³-hybridized carbons (Fsp3) is 0.250. The average Bonchev–Trinajstić information content (AvgIpc) is 2.48. The van der Waals surface area contributed by atoms with E-state index in [-0.39, 0.29) is 12.4 Å². The second-order valence-corrected chi connectivity index (χ2v) is 5.05. The maximum atomic E-state index is 12.3. The van der Waals surface area contributed by atoms with Gasteiger partial charge >= 0.3 is 5.97 Å². The molecule has 0 aliphatic carbocycles. The topological polar surface area (TPSA) is 63.6 Å².